The van der Waals surface area contributed by atoms with Gasteiger partial charge in [-0.25, -0.2) is 0 Å². The molecule has 1 aromatic carbocycles. The topological polar surface area (TPSA) is 93.5 Å². The molecule has 0 saturated carbocycles. The normalized spacial score (nSPS) is 17.8. The lowest BCUT2D eigenvalue weighted by Crippen LogP contribution is -2.35. The zero-order valence-electron chi connectivity index (χ0n) is 11.2. The number of hydrogen-bond acceptors (Lipinski definition) is 5. The van der Waals surface area contributed by atoms with E-state index in [0.29, 0.717) is 12.4 Å². The lowest BCUT2D eigenvalue weighted by molar-refractivity contribution is -0.384. The number of amides is 1. The molecule has 0 aromatic heterocycles. The molecule has 1 saturated heterocycles. The van der Waals surface area contributed by atoms with E-state index in [1.807, 2.05) is 0 Å². The van der Waals surface area contributed by atoms with Crippen molar-refractivity contribution in [2.45, 2.75) is 25.8 Å². The van der Waals surface area contributed by atoms with Gasteiger partial charge >= 0.3 is 0 Å². The second-order valence-electron chi connectivity index (χ2n) is 4.51. The van der Waals surface area contributed by atoms with Crippen molar-refractivity contribution in [1.82, 2.24) is 5.32 Å². The molecule has 20 heavy (non-hydrogen) atoms. The molecule has 7 heteroatoms. The number of nitrogens with zero attached hydrogens (tertiary/aromatic N) is 1. The van der Waals surface area contributed by atoms with Crippen LogP contribution in [-0.2, 0) is 4.79 Å². The van der Waals surface area contributed by atoms with Crippen LogP contribution in [0.2, 0.25) is 0 Å². The van der Waals surface area contributed by atoms with E-state index in [4.69, 9.17) is 4.74 Å². The van der Waals surface area contributed by atoms with E-state index >= 15 is 0 Å². The summed E-state index contributed by atoms with van der Waals surface area (Å²) in [6.07, 6.45) is 1.68. The smallest absolute Gasteiger partial charge is 0.296 e. The van der Waals surface area contributed by atoms with Crippen LogP contribution in [0.4, 0.5) is 11.4 Å². The highest BCUT2D eigenvalue weighted by Crippen LogP contribution is 2.29. The van der Waals surface area contributed by atoms with Crippen molar-refractivity contribution in [1.29, 1.82) is 0 Å². The molecule has 1 atom stereocenters. The lowest BCUT2D eigenvalue weighted by Gasteiger charge is -2.12. The number of nitro benzene ring substituents is 1. The highest BCUT2D eigenvalue weighted by molar-refractivity contribution is 5.97. The molecule has 7 nitrogen and oxygen atoms in total. The highest BCUT2D eigenvalue weighted by atomic mass is 16.6. The minimum atomic E-state index is -0.528. The Hall–Kier alpha value is -2.15. The predicted octanol–water partition coefficient (Wildman–Crippen LogP) is 1.68. The Morgan fingerprint density at radius 3 is 3.00 bits per heavy atom. The molecule has 1 aliphatic heterocycles. The van der Waals surface area contributed by atoms with Gasteiger partial charge in [-0.15, -0.1) is 0 Å². The van der Waals surface area contributed by atoms with Crippen molar-refractivity contribution >= 4 is 17.3 Å². The first-order chi connectivity index (χ1) is 9.61. The average Bonchev–Trinajstić information content (AvgIpc) is 2.94. The molecule has 1 aromatic rings. The highest BCUT2D eigenvalue weighted by Gasteiger charge is 2.24. The number of benzene rings is 1. The molecule has 0 spiro atoms. The SMILES string of the molecule is CCOc1ccc(NC(=O)C2CCCN2)c([N+](=O)[O-])c1. The van der Waals surface area contributed by atoms with Gasteiger partial charge in [0, 0.05) is 0 Å². The molecular weight excluding hydrogens is 262 g/mol. The van der Waals surface area contributed by atoms with Gasteiger partial charge in [0.15, 0.2) is 0 Å². The minimum Gasteiger partial charge on any atom is -0.494 e. The van der Waals surface area contributed by atoms with Crippen molar-refractivity contribution in [3.05, 3.63) is 28.3 Å². The zero-order valence-corrected chi connectivity index (χ0v) is 11.2. The molecule has 0 aliphatic carbocycles. The molecular formula is C13H17N3O4. The van der Waals surface area contributed by atoms with Crippen LogP contribution in [0.25, 0.3) is 0 Å². The van der Waals surface area contributed by atoms with E-state index in [2.05, 4.69) is 10.6 Å². The third-order valence-corrected chi connectivity index (χ3v) is 3.11. The van der Waals surface area contributed by atoms with Gasteiger partial charge in [0.25, 0.3) is 5.69 Å². The van der Waals surface area contributed by atoms with Gasteiger partial charge in [-0.1, -0.05) is 0 Å². The zero-order chi connectivity index (χ0) is 14.5. The van der Waals surface area contributed by atoms with Crippen molar-refractivity contribution in [2.75, 3.05) is 18.5 Å². The van der Waals surface area contributed by atoms with Crippen molar-refractivity contribution in [3.8, 4) is 5.75 Å². The molecule has 0 radical (unpaired) electrons. The van der Waals surface area contributed by atoms with Crippen LogP contribution in [0, 0.1) is 10.1 Å². The maximum absolute atomic E-state index is 12.0. The first kappa shape index (κ1) is 14.3. The molecule has 1 aliphatic rings. The van der Waals surface area contributed by atoms with Crippen LogP contribution in [0.3, 0.4) is 0 Å². The Labute approximate surface area is 116 Å². The van der Waals surface area contributed by atoms with Gasteiger partial charge in [-0.05, 0) is 38.4 Å². The second kappa shape index (κ2) is 6.33. The summed E-state index contributed by atoms with van der Waals surface area (Å²) in [5.74, 6) is 0.172. The number of ether oxygens (including phenoxy) is 1. The first-order valence-electron chi connectivity index (χ1n) is 6.57. The van der Waals surface area contributed by atoms with Crippen LogP contribution in [-0.4, -0.2) is 30.0 Å². The van der Waals surface area contributed by atoms with E-state index < -0.39 is 4.92 Å². The Morgan fingerprint density at radius 2 is 2.40 bits per heavy atom. The number of carbonyl (C=O) groups excluding carboxylic acids is 1. The average molecular weight is 279 g/mol. The number of rotatable bonds is 5. The van der Waals surface area contributed by atoms with Gasteiger partial charge < -0.3 is 15.4 Å². The van der Waals surface area contributed by atoms with Crippen LogP contribution in [0.1, 0.15) is 19.8 Å². The lowest BCUT2D eigenvalue weighted by atomic mass is 10.2. The third-order valence-electron chi connectivity index (χ3n) is 3.11. The Bertz CT molecular complexity index is 512. The second-order valence-corrected chi connectivity index (χ2v) is 4.51. The molecule has 0 bridgehead atoms. The van der Waals surface area contributed by atoms with Crippen LogP contribution >= 0.6 is 0 Å². The molecule has 1 heterocycles. The Kier molecular flexibility index (Phi) is 4.52. The summed E-state index contributed by atoms with van der Waals surface area (Å²) < 4.78 is 5.23. The number of nitrogens with one attached hydrogen (secondary N) is 2. The molecule has 1 amide bonds. The summed E-state index contributed by atoms with van der Waals surface area (Å²) in [7, 11) is 0. The quantitative estimate of drug-likeness (QED) is 0.632. The predicted molar refractivity (Wildman–Crippen MR) is 73.9 cm³/mol. The molecule has 2 N–H and O–H groups in total. The van der Waals surface area contributed by atoms with Crippen molar-refractivity contribution < 1.29 is 14.5 Å². The van der Waals surface area contributed by atoms with E-state index in [1.54, 1.807) is 13.0 Å². The summed E-state index contributed by atoms with van der Waals surface area (Å²) in [6, 6.07) is 4.15. The maximum Gasteiger partial charge on any atom is 0.296 e. The summed E-state index contributed by atoms with van der Waals surface area (Å²) >= 11 is 0. The third kappa shape index (κ3) is 3.24. The number of carbonyl (C=O) groups is 1. The van der Waals surface area contributed by atoms with Gasteiger partial charge in [-0.3, -0.25) is 14.9 Å². The van der Waals surface area contributed by atoms with Gasteiger partial charge in [0.1, 0.15) is 11.4 Å². The summed E-state index contributed by atoms with van der Waals surface area (Å²) in [6.45, 7) is 3.02. The summed E-state index contributed by atoms with van der Waals surface area (Å²) in [5, 5.41) is 16.7. The van der Waals surface area contributed by atoms with E-state index in [-0.39, 0.29) is 23.3 Å². The Balaban J connectivity index is 2.17. The number of hydrogen-bond donors (Lipinski definition) is 2. The monoisotopic (exact) mass is 279 g/mol. The molecule has 2 rings (SSSR count). The van der Waals surface area contributed by atoms with Crippen LogP contribution < -0.4 is 15.4 Å². The largest absolute Gasteiger partial charge is 0.494 e. The fraction of sp³-hybridized carbons (Fsp3) is 0.462. The van der Waals surface area contributed by atoms with Crippen LogP contribution in [0.5, 0.6) is 5.75 Å². The summed E-state index contributed by atoms with van der Waals surface area (Å²) in [5.41, 5.74) is 0.0273. The molecule has 108 valence electrons. The van der Waals surface area contributed by atoms with E-state index in [0.717, 1.165) is 19.4 Å². The van der Waals surface area contributed by atoms with E-state index in [1.165, 1.54) is 12.1 Å². The Morgan fingerprint density at radius 1 is 1.60 bits per heavy atom. The van der Waals surface area contributed by atoms with Gasteiger partial charge in [0.05, 0.1) is 23.6 Å². The minimum absolute atomic E-state index is 0.165. The van der Waals surface area contributed by atoms with Crippen molar-refractivity contribution in [3.63, 3.8) is 0 Å². The first-order valence-corrected chi connectivity index (χ1v) is 6.57. The molecule has 1 fully saturated rings. The maximum atomic E-state index is 12.0. The van der Waals surface area contributed by atoms with Crippen molar-refractivity contribution in [2.24, 2.45) is 0 Å². The van der Waals surface area contributed by atoms with Gasteiger partial charge in [0.2, 0.25) is 5.91 Å². The molecule has 1 unspecified atom stereocenters. The fourth-order valence-corrected chi connectivity index (χ4v) is 2.15. The summed E-state index contributed by atoms with van der Waals surface area (Å²) in [4.78, 5) is 22.5. The van der Waals surface area contributed by atoms with Gasteiger partial charge in [-0.2, -0.15) is 0 Å². The number of nitro groups is 1. The fourth-order valence-electron chi connectivity index (χ4n) is 2.15. The van der Waals surface area contributed by atoms with Crippen LogP contribution in [0.15, 0.2) is 18.2 Å². The van der Waals surface area contributed by atoms with E-state index in [9.17, 15) is 14.9 Å². The standard InChI is InChI=1S/C13H17N3O4/c1-2-20-9-5-6-10(12(8-9)16(18)19)15-13(17)11-4-3-7-14-11/h5-6,8,11,14H,2-4,7H2,1H3,(H,15,17). The number of anilines is 1.